The number of fused-ring (bicyclic) bond motifs is 1. The first-order chi connectivity index (χ1) is 14.5. The van der Waals surface area contributed by atoms with Gasteiger partial charge in [0.1, 0.15) is 24.8 Å². The molecule has 1 fully saturated rings. The highest BCUT2D eigenvalue weighted by Crippen LogP contribution is 2.42. The van der Waals surface area contributed by atoms with Gasteiger partial charge in [-0.3, -0.25) is 4.79 Å². The van der Waals surface area contributed by atoms with Crippen LogP contribution in [0, 0.1) is 0 Å². The Bertz CT molecular complexity index is 1030. The van der Waals surface area contributed by atoms with Crippen molar-refractivity contribution >= 4 is 34.4 Å². The molecule has 2 heterocycles. The number of para-hydroxylation sites is 1. The number of rotatable bonds is 6. The maximum absolute atomic E-state index is 12.9. The van der Waals surface area contributed by atoms with Crippen LogP contribution in [0.3, 0.4) is 0 Å². The SMILES string of the molecule is CCC[C@H](C(=O)O)N1C(=O)CO[C@@H](c2ccc(Cl)cc2)[C@H]1c1cc2ccccc2[nH]1. The first-order valence-corrected chi connectivity index (χ1v) is 10.4. The average molecular weight is 427 g/mol. The van der Waals surface area contributed by atoms with Crippen molar-refractivity contribution in [1.82, 2.24) is 9.88 Å². The highest BCUT2D eigenvalue weighted by molar-refractivity contribution is 6.30. The van der Waals surface area contributed by atoms with Crippen LogP contribution in [0.2, 0.25) is 5.02 Å². The maximum atomic E-state index is 12.9. The number of carboxylic acid groups (broad SMARTS) is 1. The summed E-state index contributed by atoms with van der Waals surface area (Å²) in [6.07, 6.45) is 0.490. The Morgan fingerprint density at radius 3 is 2.67 bits per heavy atom. The van der Waals surface area contributed by atoms with Crippen LogP contribution in [-0.2, 0) is 14.3 Å². The lowest BCUT2D eigenvalue weighted by atomic mass is 9.93. The monoisotopic (exact) mass is 426 g/mol. The van der Waals surface area contributed by atoms with Gasteiger partial charge >= 0.3 is 5.97 Å². The molecule has 0 unspecified atom stereocenters. The Morgan fingerprint density at radius 2 is 2.00 bits per heavy atom. The number of aromatic amines is 1. The third kappa shape index (κ3) is 3.80. The van der Waals surface area contributed by atoms with Gasteiger partial charge in [0.15, 0.2) is 0 Å². The quantitative estimate of drug-likeness (QED) is 0.597. The number of benzene rings is 2. The predicted molar refractivity (Wildman–Crippen MR) is 114 cm³/mol. The first-order valence-electron chi connectivity index (χ1n) is 9.98. The van der Waals surface area contributed by atoms with Gasteiger partial charge in [0.25, 0.3) is 0 Å². The molecule has 0 radical (unpaired) electrons. The molecule has 0 bridgehead atoms. The summed E-state index contributed by atoms with van der Waals surface area (Å²) in [5, 5.41) is 11.5. The van der Waals surface area contributed by atoms with Gasteiger partial charge in [-0.05, 0) is 41.6 Å². The molecule has 6 nitrogen and oxygen atoms in total. The summed E-state index contributed by atoms with van der Waals surface area (Å²) < 4.78 is 5.97. The third-order valence-corrected chi connectivity index (χ3v) is 5.76. The van der Waals surface area contributed by atoms with E-state index < -0.39 is 24.2 Å². The summed E-state index contributed by atoms with van der Waals surface area (Å²) in [5.74, 6) is -1.34. The fourth-order valence-corrected chi connectivity index (χ4v) is 4.28. The summed E-state index contributed by atoms with van der Waals surface area (Å²) in [5.41, 5.74) is 2.50. The van der Waals surface area contributed by atoms with E-state index in [1.807, 2.05) is 49.4 Å². The zero-order valence-corrected chi connectivity index (χ0v) is 17.3. The van der Waals surface area contributed by atoms with Crippen LogP contribution in [0.4, 0.5) is 0 Å². The van der Waals surface area contributed by atoms with Gasteiger partial charge in [-0.15, -0.1) is 0 Å². The standard InChI is InChI=1S/C23H23ClN2O4/c1-2-5-19(23(28)29)26-20(27)13-30-22(14-8-10-16(24)11-9-14)21(26)18-12-15-6-3-4-7-17(15)25-18/h3-4,6-12,19,21-22,25H,2,5,13H2,1H3,(H,28,29)/t19-,21-,22+/m1/s1. The van der Waals surface area contributed by atoms with E-state index >= 15 is 0 Å². The van der Waals surface area contributed by atoms with E-state index in [1.165, 1.54) is 4.90 Å². The number of aliphatic carboxylic acids is 1. The lowest BCUT2D eigenvalue weighted by molar-refractivity contribution is -0.172. The number of halogens is 1. The molecular weight excluding hydrogens is 404 g/mol. The number of ether oxygens (including phenoxy) is 1. The number of carboxylic acids is 1. The van der Waals surface area contributed by atoms with Gasteiger partial charge < -0.3 is 19.7 Å². The highest BCUT2D eigenvalue weighted by atomic mass is 35.5. The summed E-state index contributed by atoms with van der Waals surface area (Å²) in [4.78, 5) is 29.9. The minimum atomic E-state index is -1.01. The minimum Gasteiger partial charge on any atom is -0.480 e. The fourth-order valence-electron chi connectivity index (χ4n) is 4.15. The second kappa shape index (κ2) is 8.50. The molecule has 156 valence electrons. The zero-order chi connectivity index (χ0) is 21.3. The number of hydrogen-bond acceptors (Lipinski definition) is 3. The number of H-pyrrole nitrogens is 1. The number of carbonyl (C=O) groups is 2. The van der Waals surface area contributed by atoms with Crippen LogP contribution in [0.15, 0.2) is 54.6 Å². The summed E-state index contributed by atoms with van der Waals surface area (Å²) >= 11 is 6.05. The molecule has 1 amide bonds. The van der Waals surface area contributed by atoms with Crippen LogP contribution < -0.4 is 0 Å². The molecular formula is C23H23ClN2O4. The Labute approximate surface area is 179 Å². The van der Waals surface area contributed by atoms with E-state index in [1.54, 1.807) is 12.1 Å². The fraction of sp³-hybridized carbons (Fsp3) is 0.304. The Balaban J connectivity index is 1.86. The van der Waals surface area contributed by atoms with E-state index in [0.29, 0.717) is 17.9 Å². The van der Waals surface area contributed by atoms with Crippen molar-refractivity contribution in [3.8, 4) is 0 Å². The number of aromatic nitrogens is 1. The molecule has 0 aliphatic carbocycles. The molecule has 0 saturated carbocycles. The summed E-state index contributed by atoms with van der Waals surface area (Å²) in [7, 11) is 0. The second-order valence-electron chi connectivity index (χ2n) is 7.48. The van der Waals surface area contributed by atoms with Crippen LogP contribution in [0.5, 0.6) is 0 Å². The third-order valence-electron chi connectivity index (χ3n) is 5.51. The van der Waals surface area contributed by atoms with Crippen LogP contribution in [0.25, 0.3) is 10.9 Å². The van der Waals surface area contributed by atoms with E-state index in [2.05, 4.69) is 4.98 Å². The number of nitrogens with one attached hydrogen (secondary N) is 1. The number of carbonyl (C=O) groups excluding carboxylic acids is 1. The van der Waals surface area contributed by atoms with E-state index in [4.69, 9.17) is 16.3 Å². The molecule has 3 atom stereocenters. The van der Waals surface area contributed by atoms with Crippen molar-refractivity contribution in [3.05, 3.63) is 70.9 Å². The van der Waals surface area contributed by atoms with Crippen molar-refractivity contribution in [1.29, 1.82) is 0 Å². The van der Waals surface area contributed by atoms with Crippen molar-refractivity contribution < 1.29 is 19.4 Å². The van der Waals surface area contributed by atoms with Gasteiger partial charge in [-0.2, -0.15) is 0 Å². The molecule has 0 spiro atoms. The van der Waals surface area contributed by atoms with E-state index in [9.17, 15) is 14.7 Å². The van der Waals surface area contributed by atoms with E-state index in [0.717, 1.165) is 22.2 Å². The Kier molecular flexibility index (Phi) is 5.79. The molecule has 1 aromatic heterocycles. The molecule has 1 aliphatic rings. The summed E-state index contributed by atoms with van der Waals surface area (Å²) in [6.45, 7) is 1.74. The smallest absolute Gasteiger partial charge is 0.326 e. The number of hydrogen-bond donors (Lipinski definition) is 2. The second-order valence-corrected chi connectivity index (χ2v) is 7.92. The molecule has 1 saturated heterocycles. The van der Waals surface area contributed by atoms with Gasteiger partial charge in [-0.25, -0.2) is 4.79 Å². The van der Waals surface area contributed by atoms with Crippen LogP contribution >= 0.6 is 11.6 Å². The van der Waals surface area contributed by atoms with Crippen molar-refractivity contribution in [3.63, 3.8) is 0 Å². The van der Waals surface area contributed by atoms with Gasteiger partial charge in [0.2, 0.25) is 5.91 Å². The van der Waals surface area contributed by atoms with Crippen LogP contribution in [0.1, 0.15) is 43.2 Å². The average Bonchev–Trinajstić information content (AvgIpc) is 3.16. The minimum absolute atomic E-state index is 0.169. The lowest BCUT2D eigenvalue weighted by Crippen LogP contribution is -2.53. The van der Waals surface area contributed by atoms with Crippen molar-refractivity contribution in [2.24, 2.45) is 0 Å². The zero-order valence-electron chi connectivity index (χ0n) is 16.5. The van der Waals surface area contributed by atoms with Crippen molar-refractivity contribution in [2.75, 3.05) is 6.61 Å². The summed E-state index contributed by atoms with van der Waals surface area (Å²) in [6, 6.07) is 15.5. The number of amides is 1. The molecule has 1 aliphatic heterocycles. The molecule has 3 aromatic rings. The highest BCUT2D eigenvalue weighted by Gasteiger charge is 2.44. The molecule has 30 heavy (non-hydrogen) atoms. The Hall–Kier alpha value is -2.83. The van der Waals surface area contributed by atoms with Gasteiger partial charge in [0.05, 0.1) is 0 Å². The van der Waals surface area contributed by atoms with Gasteiger partial charge in [0, 0.05) is 16.2 Å². The maximum Gasteiger partial charge on any atom is 0.326 e. The topological polar surface area (TPSA) is 82.6 Å². The predicted octanol–water partition coefficient (Wildman–Crippen LogP) is 4.72. The van der Waals surface area contributed by atoms with Crippen LogP contribution in [-0.4, -0.2) is 39.5 Å². The molecule has 4 rings (SSSR count). The van der Waals surface area contributed by atoms with Crippen molar-refractivity contribution in [2.45, 2.75) is 38.0 Å². The molecule has 2 N–H and O–H groups in total. The normalized spacial score (nSPS) is 20.5. The number of morpholine rings is 1. The van der Waals surface area contributed by atoms with E-state index in [-0.39, 0.29) is 12.5 Å². The molecule has 7 heteroatoms. The Morgan fingerprint density at radius 1 is 1.27 bits per heavy atom. The lowest BCUT2D eigenvalue weighted by Gasteiger charge is -2.43. The number of nitrogens with zero attached hydrogens (tertiary/aromatic N) is 1. The first kappa shape index (κ1) is 20.4. The van der Waals surface area contributed by atoms with Gasteiger partial charge in [-0.1, -0.05) is 55.3 Å². The molecule has 2 aromatic carbocycles. The largest absolute Gasteiger partial charge is 0.480 e.